The minimum Gasteiger partial charge on any atom is -0.657 e. The number of hydrogen-bond acceptors (Lipinski definition) is 4. The maximum Gasteiger partial charge on any atom is 3.00 e. The molecule has 1 radical (unpaired) electrons. The zero-order chi connectivity index (χ0) is 31.2. The van der Waals surface area contributed by atoms with Gasteiger partial charge in [-0.1, -0.05) is 48.6 Å². The van der Waals surface area contributed by atoms with Gasteiger partial charge in [0.1, 0.15) is 0 Å². The Hall–Kier alpha value is -4.66. The molecule has 0 fully saturated rings. The van der Waals surface area contributed by atoms with Gasteiger partial charge in [-0.25, -0.2) is 9.97 Å². The molecule has 0 saturated carbocycles. The van der Waals surface area contributed by atoms with Crippen LogP contribution in [0.4, 0.5) is 0 Å². The molecule has 0 unspecified atom stereocenters. The minimum atomic E-state index is -0.919. The van der Waals surface area contributed by atoms with E-state index in [0.717, 1.165) is 44.5 Å². The van der Waals surface area contributed by atoms with Crippen LogP contribution in [0.15, 0.2) is 43.5 Å². The topological polar surface area (TPSA) is 143 Å². The molecular weight excluding hydrogens is 598 g/mol. The van der Waals surface area contributed by atoms with Crippen molar-refractivity contribution < 1.29 is 36.9 Å². The predicted octanol–water partition coefficient (Wildman–Crippen LogP) is 7.42. The van der Waals surface area contributed by atoms with Crippen LogP contribution >= 0.6 is 0 Å². The predicted molar refractivity (Wildman–Crippen MR) is 171 cm³/mol. The Kier molecular flexibility index (Phi) is 9.18. The first-order chi connectivity index (χ1) is 20.4. The second-order valence-corrected chi connectivity index (χ2v) is 10.8. The molecule has 0 saturated heterocycles. The van der Waals surface area contributed by atoms with E-state index in [1.54, 1.807) is 12.2 Å². The normalized spacial score (nSPS) is 12.7. The summed E-state index contributed by atoms with van der Waals surface area (Å²) in [5.41, 5.74) is 11.7. The van der Waals surface area contributed by atoms with E-state index in [9.17, 15) is 19.8 Å². The monoisotopic (exact) mass is 631 g/mol. The smallest absolute Gasteiger partial charge is 0.657 e. The van der Waals surface area contributed by atoms with E-state index in [-0.39, 0.29) is 42.8 Å². The van der Waals surface area contributed by atoms with Gasteiger partial charge in [0.05, 0.1) is 22.8 Å². The van der Waals surface area contributed by atoms with Crippen molar-refractivity contribution >= 4 is 62.4 Å². The largest absolute Gasteiger partial charge is 3.00 e. The molecule has 3 aromatic heterocycles. The third-order valence-corrected chi connectivity index (χ3v) is 8.30. The van der Waals surface area contributed by atoms with Crippen LogP contribution in [0.5, 0.6) is 0 Å². The van der Waals surface area contributed by atoms with E-state index in [4.69, 9.17) is 20.8 Å². The van der Waals surface area contributed by atoms with E-state index >= 15 is 0 Å². The molecule has 10 heteroatoms. The molecule has 2 aliphatic rings. The van der Waals surface area contributed by atoms with E-state index in [2.05, 4.69) is 13.2 Å². The number of aromatic nitrogens is 4. The number of carboxylic acids is 2. The van der Waals surface area contributed by atoms with Crippen molar-refractivity contribution in [2.24, 2.45) is 0 Å². The third-order valence-electron chi connectivity index (χ3n) is 8.30. The van der Waals surface area contributed by atoms with Crippen molar-refractivity contribution in [1.82, 2.24) is 19.6 Å². The summed E-state index contributed by atoms with van der Waals surface area (Å²) in [4.78, 5) is 37.8. The fourth-order valence-corrected chi connectivity index (χ4v) is 5.82. The summed E-state index contributed by atoms with van der Waals surface area (Å²) >= 11 is 0. The molecule has 3 aromatic rings. The summed E-state index contributed by atoms with van der Waals surface area (Å²) in [6.07, 6.45) is 3.87. The average molecular weight is 632 g/mol. The minimum absolute atomic E-state index is 0. The summed E-state index contributed by atoms with van der Waals surface area (Å²) in [6.45, 7) is 15.7. The molecule has 5 rings (SSSR count). The Bertz CT molecular complexity index is 1980. The SMILES string of the molecule is C=CC1=C(C)c2cc3[n-]c(cc4nc(cc5c(C=C)c(C)c(cc1n2)n5[NH-])C(C)=C4CCC(=O)O)c(CCC(=O)O)c3C.[Fe+3]. The van der Waals surface area contributed by atoms with Gasteiger partial charge in [0.15, 0.2) is 0 Å². The van der Waals surface area contributed by atoms with Gasteiger partial charge in [-0.05, 0) is 75.0 Å². The zero-order valence-electron chi connectivity index (χ0n) is 25.1. The standard InChI is InChI=1S/C34H34N5O4.Fe/c1-7-21-17(3)25-13-26-18(4)23(9-11-33(40)41)28(36-26)14-29-24(10-12-34(42)43)19(5)27(38-29)15-32-22(8-2)20(6)31(39(32)35)16-30(21)37-25;/h7-8,13-16,35H,1-2,9-12H2,3-6H3,(H3,36,37,38,40,41,42,43);/q-1;+3/p-1. The summed E-state index contributed by atoms with van der Waals surface area (Å²) in [5.74, 6) is 7.24. The maximum atomic E-state index is 11.5. The number of nitrogens with one attached hydrogen (secondary N) is 1. The van der Waals surface area contributed by atoms with Crippen LogP contribution in [-0.4, -0.2) is 36.8 Å². The van der Waals surface area contributed by atoms with Crippen molar-refractivity contribution in [2.45, 2.75) is 53.4 Å². The number of aryl methyl sites for hydroxylation is 3. The van der Waals surface area contributed by atoms with E-state index in [0.29, 0.717) is 44.8 Å². The molecule has 0 spiro atoms. The van der Waals surface area contributed by atoms with Crippen LogP contribution in [0, 0.1) is 13.8 Å². The van der Waals surface area contributed by atoms with E-state index in [1.807, 2.05) is 52.0 Å². The number of allylic oxidation sites excluding steroid dienone is 5. The molecule has 2 aliphatic heterocycles. The van der Waals surface area contributed by atoms with Gasteiger partial charge in [-0.3, -0.25) is 9.59 Å². The van der Waals surface area contributed by atoms with E-state index in [1.165, 1.54) is 4.68 Å². The van der Waals surface area contributed by atoms with Crippen molar-refractivity contribution in [3.05, 3.63) is 94.4 Å². The average Bonchev–Trinajstić information content (AvgIpc) is 3.59. The first kappa shape index (κ1) is 32.3. The Morgan fingerprint density at radius 1 is 0.818 bits per heavy atom. The van der Waals surface area contributed by atoms with Crippen molar-refractivity contribution in [3.8, 4) is 0 Å². The first-order valence-electron chi connectivity index (χ1n) is 14.0. The second kappa shape index (κ2) is 12.5. The Morgan fingerprint density at radius 2 is 1.41 bits per heavy atom. The Balaban J connectivity index is 0.00000442. The quantitative estimate of drug-likeness (QED) is 0.246. The molecular formula is C34H33FeN5O4+. The van der Waals surface area contributed by atoms with Gasteiger partial charge < -0.3 is 25.7 Å². The zero-order valence-corrected chi connectivity index (χ0v) is 26.2. The molecule has 44 heavy (non-hydrogen) atoms. The van der Waals surface area contributed by atoms with Crippen LogP contribution in [0.1, 0.15) is 78.1 Å². The van der Waals surface area contributed by atoms with Crippen molar-refractivity contribution in [2.75, 3.05) is 0 Å². The van der Waals surface area contributed by atoms with Crippen LogP contribution in [0.3, 0.4) is 0 Å². The summed E-state index contributed by atoms with van der Waals surface area (Å²) in [6, 6.07) is 7.41. The van der Waals surface area contributed by atoms with Gasteiger partial charge in [-0.2, -0.15) is 0 Å². The third kappa shape index (κ3) is 5.66. The van der Waals surface area contributed by atoms with Gasteiger partial charge in [-0.15, -0.1) is 11.0 Å². The maximum absolute atomic E-state index is 11.5. The number of fused-ring (bicyclic) bond motifs is 8. The molecule has 9 nitrogen and oxygen atoms in total. The molecule has 0 amide bonds. The molecule has 0 atom stereocenters. The number of aliphatic carboxylic acids is 2. The summed E-state index contributed by atoms with van der Waals surface area (Å²) < 4.78 is 1.35. The molecule has 5 heterocycles. The molecule has 3 N–H and O–H groups in total. The van der Waals surface area contributed by atoms with Crippen LogP contribution in [-0.2, 0) is 33.1 Å². The van der Waals surface area contributed by atoms with Crippen LogP contribution < -0.4 is 4.98 Å². The Labute approximate surface area is 266 Å². The van der Waals surface area contributed by atoms with Crippen LogP contribution in [0.2, 0.25) is 0 Å². The van der Waals surface area contributed by atoms with Crippen molar-refractivity contribution in [3.63, 3.8) is 0 Å². The number of nitrogens with zero attached hydrogens (tertiary/aromatic N) is 4. The second-order valence-electron chi connectivity index (χ2n) is 10.8. The number of carboxylic acid groups (broad SMARTS) is 2. The van der Waals surface area contributed by atoms with Gasteiger partial charge in [0.25, 0.3) is 0 Å². The molecule has 8 bridgehead atoms. The number of hydrogen-bond donors (Lipinski definition) is 2. The molecule has 0 aromatic carbocycles. The first-order valence-corrected chi connectivity index (χ1v) is 14.0. The van der Waals surface area contributed by atoms with Gasteiger partial charge in [0.2, 0.25) is 0 Å². The van der Waals surface area contributed by atoms with Crippen molar-refractivity contribution in [1.29, 1.82) is 0 Å². The summed E-state index contributed by atoms with van der Waals surface area (Å²) in [7, 11) is 0. The van der Waals surface area contributed by atoms with E-state index < -0.39 is 11.9 Å². The fraction of sp³-hybridized carbons (Fsp3) is 0.235. The number of rotatable bonds is 8. The Morgan fingerprint density at radius 3 is 2.05 bits per heavy atom. The number of carbonyl (C=O) groups is 2. The fourth-order valence-electron chi connectivity index (χ4n) is 5.82. The molecule has 0 aliphatic carbocycles. The van der Waals surface area contributed by atoms with Crippen LogP contribution in [0.25, 0.3) is 56.3 Å². The molecule has 225 valence electrons. The van der Waals surface area contributed by atoms with Gasteiger partial charge >= 0.3 is 29.0 Å². The van der Waals surface area contributed by atoms with Gasteiger partial charge in [0, 0.05) is 35.0 Å². The summed E-state index contributed by atoms with van der Waals surface area (Å²) in [5, 5.41) is 18.9.